The maximum absolute atomic E-state index is 5.17. The molecule has 1 heterocycles. The first-order chi connectivity index (χ1) is 7.69. The Morgan fingerprint density at radius 1 is 1.69 bits per heavy atom. The third-order valence-electron chi connectivity index (χ3n) is 2.26. The fraction of sp³-hybridized carbons (Fsp3) is 0.545. The van der Waals surface area contributed by atoms with Gasteiger partial charge in [-0.1, -0.05) is 15.9 Å². The van der Waals surface area contributed by atoms with E-state index in [-0.39, 0.29) is 4.83 Å². The third kappa shape index (κ3) is 3.64. The van der Waals surface area contributed by atoms with Crippen LogP contribution < -0.4 is 0 Å². The van der Waals surface area contributed by atoms with Crippen LogP contribution in [0.1, 0.15) is 0 Å². The van der Waals surface area contributed by atoms with Gasteiger partial charge in [0.05, 0.1) is 25.1 Å². The van der Waals surface area contributed by atoms with Crippen LogP contribution in [0.3, 0.4) is 0 Å². The SMILES string of the molecule is C=C(OC)N(CCOC)C1=CC(Br)C=NC1. The molecule has 0 fully saturated rings. The molecule has 0 aromatic heterocycles. The zero-order chi connectivity index (χ0) is 12.0. The number of rotatable bonds is 6. The van der Waals surface area contributed by atoms with Crippen LogP contribution in [0.2, 0.25) is 0 Å². The van der Waals surface area contributed by atoms with Gasteiger partial charge in [-0.15, -0.1) is 0 Å². The van der Waals surface area contributed by atoms with Crippen molar-refractivity contribution in [1.82, 2.24) is 4.90 Å². The molecule has 0 aromatic carbocycles. The topological polar surface area (TPSA) is 34.1 Å². The van der Waals surface area contributed by atoms with E-state index in [0.717, 1.165) is 5.70 Å². The van der Waals surface area contributed by atoms with E-state index in [4.69, 9.17) is 9.47 Å². The highest BCUT2D eigenvalue weighted by atomic mass is 79.9. The second-order valence-electron chi connectivity index (χ2n) is 3.33. The highest BCUT2D eigenvalue weighted by Gasteiger charge is 2.16. The fourth-order valence-corrected chi connectivity index (χ4v) is 1.90. The smallest absolute Gasteiger partial charge is 0.185 e. The Bertz CT molecular complexity index is 302. The van der Waals surface area contributed by atoms with Crippen LogP contribution in [0.5, 0.6) is 0 Å². The van der Waals surface area contributed by atoms with E-state index in [1.165, 1.54) is 0 Å². The summed E-state index contributed by atoms with van der Waals surface area (Å²) >= 11 is 3.48. The summed E-state index contributed by atoms with van der Waals surface area (Å²) in [6.07, 6.45) is 3.96. The van der Waals surface area contributed by atoms with Gasteiger partial charge in [-0.25, -0.2) is 0 Å². The molecular weight excluding hydrogens is 272 g/mol. The van der Waals surface area contributed by atoms with Crippen LogP contribution in [0.4, 0.5) is 0 Å². The summed E-state index contributed by atoms with van der Waals surface area (Å²) in [6, 6.07) is 0. The van der Waals surface area contributed by atoms with Gasteiger partial charge in [-0.3, -0.25) is 4.99 Å². The average Bonchev–Trinajstić information content (AvgIpc) is 2.29. The summed E-state index contributed by atoms with van der Waals surface area (Å²) in [5.74, 6) is 0.611. The van der Waals surface area contributed by atoms with Gasteiger partial charge in [0.1, 0.15) is 0 Å². The van der Waals surface area contributed by atoms with Gasteiger partial charge in [0.25, 0.3) is 0 Å². The first-order valence-corrected chi connectivity index (χ1v) is 5.94. The van der Waals surface area contributed by atoms with Crippen molar-refractivity contribution in [2.75, 3.05) is 33.9 Å². The van der Waals surface area contributed by atoms with Crippen molar-refractivity contribution in [3.63, 3.8) is 0 Å². The van der Waals surface area contributed by atoms with Gasteiger partial charge >= 0.3 is 0 Å². The first kappa shape index (κ1) is 13.3. The van der Waals surface area contributed by atoms with Crippen LogP contribution in [-0.2, 0) is 9.47 Å². The highest BCUT2D eigenvalue weighted by Crippen LogP contribution is 2.17. The Labute approximate surface area is 105 Å². The molecule has 5 heteroatoms. The van der Waals surface area contributed by atoms with Crippen LogP contribution in [0.25, 0.3) is 0 Å². The van der Waals surface area contributed by atoms with Crippen molar-refractivity contribution in [3.05, 3.63) is 24.2 Å². The number of allylic oxidation sites excluding steroid dienone is 1. The molecule has 1 aliphatic rings. The molecular formula is C11H17BrN2O2. The van der Waals surface area contributed by atoms with E-state index in [2.05, 4.69) is 33.6 Å². The molecule has 0 spiro atoms. The second-order valence-corrected chi connectivity index (χ2v) is 4.39. The normalized spacial score (nSPS) is 19.2. The zero-order valence-corrected chi connectivity index (χ0v) is 11.2. The molecule has 1 unspecified atom stereocenters. The summed E-state index contributed by atoms with van der Waals surface area (Å²) in [4.78, 5) is 6.42. The van der Waals surface area contributed by atoms with E-state index in [9.17, 15) is 0 Å². The number of nitrogens with zero attached hydrogens (tertiary/aromatic N) is 2. The van der Waals surface area contributed by atoms with Gasteiger partial charge in [0.2, 0.25) is 0 Å². The molecule has 0 radical (unpaired) electrons. The fourth-order valence-electron chi connectivity index (χ4n) is 1.42. The molecule has 0 amide bonds. The summed E-state index contributed by atoms with van der Waals surface area (Å²) in [5.41, 5.74) is 1.08. The van der Waals surface area contributed by atoms with Gasteiger partial charge in [0.15, 0.2) is 5.88 Å². The first-order valence-electron chi connectivity index (χ1n) is 5.03. The Hall–Kier alpha value is -0.810. The number of alkyl halides is 1. The molecule has 0 bridgehead atoms. The molecule has 1 rings (SSSR count). The number of hydrogen-bond donors (Lipinski definition) is 0. The predicted octanol–water partition coefficient (Wildman–Crippen LogP) is 1.78. The van der Waals surface area contributed by atoms with Crippen LogP contribution in [0, 0.1) is 0 Å². The Morgan fingerprint density at radius 3 is 3.00 bits per heavy atom. The monoisotopic (exact) mass is 288 g/mol. The van der Waals surface area contributed by atoms with E-state index in [1.54, 1.807) is 14.2 Å². The van der Waals surface area contributed by atoms with Crippen molar-refractivity contribution in [3.8, 4) is 0 Å². The quantitative estimate of drug-likeness (QED) is 0.552. The van der Waals surface area contributed by atoms with E-state index in [1.807, 2.05) is 11.1 Å². The van der Waals surface area contributed by atoms with E-state index >= 15 is 0 Å². The summed E-state index contributed by atoms with van der Waals surface area (Å²) in [6.45, 7) is 5.85. The minimum Gasteiger partial charge on any atom is -0.483 e. The van der Waals surface area contributed by atoms with Crippen molar-refractivity contribution in [2.45, 2.75) is 4.83 Å². The maximum atomic E-state index is 5.17. The van der Waals surface area contributed by atoms with Gasteiger partial charge < -0.3 is 14.4 Å². The van der Waals surface area contributed by atoms with Crippen LogP contribution in [0.15, 0.2) is 29.2 Å². The van der Waals surface area contributed by atoms with Gasteiger partial charge in [-0.05, 0) is 12.7 Å². The van der Waals surface area contributed by atoms with Crippen molar-refractivity contribution in [2.24, 2.45) is 4.99 Å². The van der Waals surface area contributed by atoms with Crippen molar-refractivity contribution < 1.29 is 9.47 Å². The Kier molecular flexibility index (Phi) is 5.55. The summed E-state index contributed by atoms with van der Waals surface area (Å²) in [7, 11) is 3.29. The summed E-state index contributed by atoms with van der Waals surface area (Å²) in [5, 5.41) is 0. The molecule has 4 nitrogen and oxygen atoms in total. The lowest BCUT2D eigenvalue weighted by atomic mass is 10.2. The zero-order valence-electron chi connectivity index (χ0n) is 9.65. The minimum absolute atomic E-state index is 0.172. The van der Waals surface area contributed by atoms with Crippen molar-refractivity contribution in [1.29, 1.82) is 0 Å². The van der Waals surface area contributed by atoms with Crippen molar-refractivity contribution >= 4 is 22.1 Å². The lowest BCUT2D eigenvalue weighted by Crippen LogP contribution is -2.30. The van der Waals surface area contributed by atoms with E-state index < -0.39 is 0 Å². The van der Waals surface area contributed by atoms with Gasteiger partial charge in [0, 0.05) is 25.6 Å². The standard InChI is InChI=1S/C11H17BrN2O2/c1-9(16-3)14(4-5-15-2)11-6-10(12)7-13-8-11/h6-7,10H,1,4-5,8H2,2-3H3. The number of aliphatic imine (C=N–C) groups is 1. The number of methoxy groups -OCH3 is 2. The molecule has 90 valence electrons. The molecule has 0 saturated carbocycles. The lowest BCUT2D eigenvalue weighted by Gasteiger charge is -2.28. The number of dihydropyridines is 1. The van der Waals surface area contributed by atoms with Crippen LogP contribution in [-0.4, -0.2) is 49.9 Å². The Morgan fingerprint density at radius 2 is 2.44 bits per heavy atom. The number of halogens is 1. The largest absolute Gasteiger partial charge is 0.483 e. The number of hydrogen-bond acceptors (Lipinski definition) is 4. The Balaban J connectivity index is 2.71. The molecule has 0 aromatic rings. The average molecular weight is 289 g/mol. The maximum Gasteiger partial charge on any atom is 0.185 e. The molecule has 0 aliphatic carbocycles. The summed E-state index contributed by atoms with van der Waals surface area (Å²) < 4.78 is 10.2. The number of ether oxygens (including phenoxy) is 2. The predicted molar refractivity (Wildman–Crippen MR) is 68.9 cm³/mol. The molecule has 1 atom stereocenters. The lowest BCUT2D eigenvalue weighted by molar-refractivity contribution is 0.131. The van der Waals surface area contributed by atoms with Gasteiger partial charge in [-0.2, -0.15) is 0 Å². The van der Waals surface area contributed by atoms with Crippen LogP contribution >= 0.6 is 15.9 Å². The molecule has 0 saturated heterocycles. The minimum atomic E-state index is 0.172. The van der Waals surface area contributed by atoms with E-state index in [0.29, 0.717) is 25.6 Å². The molecule has 0 N–H and O–H groups in total. The third-order valence-corrected chi connectivity index (χ3v) is 2.76. The molecule has 1 aliphatic heterocycles. The molecule has 16 heavy (non-hydrogen) atoms. The highest BCUT2D eigenvalue weighted by molar-refractivity contribution is 9.10. The second kappa shape index (κ2) is 6.70.